The summed E-state index contributed by atoms with van der Waals surface area (Å²) in [4.78, 5) is 24.3. The zero-order valence-electron chi connectivity index (χ0n) is 14.9. The van der Waals surface area contributed by atoms with Gasteiger partial charge in [-0.1, -0.05) is 52.0 Å². The van der Waals surface area contributed by atoms with Crippen molar-refractivity contribution in [1.29, 1.82) is 0 Å². The molecule has 0 spiro atoms. The number of primary amides is 1. The number of carbonyl (C=O) groups excluding carboxylic acids is 2. The van der Waals surface area contributed by atoms with Crippen molar-refractivity contribution in [2.24, 2.45) is 5.73 Å². The second-order valence-electron chi connectivity index (χ2n) is 6.60. The maximum Gasteiger partial charge on any atom is 0.256 e. The van der Waals surface area contributed by atoms with E-state index in [2.05, 4.69) is 5.32 Å². The van der Waals surface area contributed by atoms with Crippen LogP contribution in [-0.4, -0.2) is 11.8 Å². The Balaban J connectivity index is 2.53. The highest BCUT2D eigenvalue weighted by molar-refractivity contribution is 6.12. The average molecular weight is 342 g/mol. The minimum Gasteiger partial charge on any atom is -0.365 e. The first-order valence-corrected chi connectivity index (χ1v) is 8.26. The van der Waals surface area contributed by atoms with Crippen molar-refractivity contribution in [3.8, 4) is 0 Å². The molecule has 0 bridgehead atoms. The lowest BCUT2D eigenvalue weighted by atomic mass is 9.92. The number of nitrogens with two attached hydrogens (primary N) is 1. The van der Waals surface area contributed by atoms with Gasteiger partial charge in [0.05, 0.1) is 11.1 Å². The largest absolute Gasteiger partial charge is 0.365 e. The Morgan fingerprint density at radius 2 is 1.48 bits per heavy atom. The van der Waals surface area contributed by atoms with Crippen LogP contribution in [0.1, 0.15) is 71.4 Å². The summed E-state index contributed by atoms with van der Waals surface area (Å²) in [6.07, 6.45) is 0. The van der Waals surface area contributed by atoms with Gasteiger partial charge in [-0.15, -0.1) is 0 Å². The van der Waals surface area contributed by atoms with Gasteiger partial charge in [0.2, 0.25) is 0 Å². The Morgan fingerprint density at radius 3 is 1.96 bits per heavy atom. The van der Waals surface area contributed by atoms with E-state index in [1.165, 1.54) is 12.1 Å². The van der Waals surface area contributed by atoms with Gasteiger partial charge in [-0.3, -0.25) is 9.59 Å². The van der Waals surface area contributed by atoms with Crippen LogP contribution in [-0.2, 0) is 0 Å². The van der Waals surface area contributed by atoms with Crippen LogP contribution in [0, 0.1) is 5.82 Å². The molecule has 0 aliphatic heterocycles. The molecule has 0 saturated carbocycles. The molecule has 0 saturated heterocycles. The number of halogens is 1. The highest BCUT2D eigenvalue weighted by atomic mass is 19.1. The molecular weight excluding hydrogens is 319 g/mol. The normalized spacial score (nSPS) is 11.0. The van der Waals surface area contributed by atoms with Crippen LogP contribution >= 0.6 is 0 Å². The molecule has 0 radical (unpaired) electrons. The van der Waals surface area contributed by atoms with Gasteiger partial charge in [0.15, 0.2) is 0 Å². The Bertz CT molecular complexity index is 787. The fourth-order valence-corrected chi connectivity index (χ4v) is 2.84. The Morgan fingerprint density at radius 1 is 0.960 bits per heavy atom. The van der Waals surface area contributed by atoms with E-state index in [1.807, 2.05) is 45.9 Å². The van der Waals surface area contributed by atoms with E-state index < -0.39 is 23.2 Å². The summed E-state index contributed by atoms with van der Waals surface area (Å²) in [5.74, 6) is -1.94. The molecule has 0 aliphatic rings. The molecule has 0 aromatic heterocycles. The lowest BCUT2D eigenvalue weighted by Crippen LogP contribution is -2.23. The van der Waals surface area contributed by atoms with Crippen LogP contribution in [0.25, 0.3) is 0 Å². The van der Waals surface area contributed by atoms with Crippen molar-refractivity contribution in [3.63, 3.8) is 0 Å². The Hall–Kier alpha value is -2.69. The molecule has 2 rings (SSSR count). The first-order valence-electron chi connectivity index (χ1n) is 8.26. The molecule has 2 aromatic rings. The number of nitrogens with one attached hydrogen (secondary N) is 1. The molecule has 0 heterocycles. The smallest absolute Gasteiger partial charge is 0.256 e. The molecule has 0 fully saturated rings. The average Bonchev–Trinajstić information content (AvgIpc) is 2.53. The number of para-hydroxylation sites is 1. The predicted octanol–water partition coefficient (Wildman–Crippen LogP) is 4.42. The van der Waals surface area contributed by atoms with Crippen LogP contribution < -0.4 is 11.1 Å². The van der Waals surface area contributed by atoms with Crippen molar-refractivity contribution >= 4 is 17.5 Å². The number of benzene rings is 2. The third-order valence-electron chi connectivity index (χ3n) is 4.12. The van der Waals surface area contributed by atoms with Gasteiger partial charge in [-0.2, -0.15) is 0 Å². The van der Waals surface area contributed by atoms with Crippen molar-refractivity contribution in [2.75, 3.05) is 5.32 Å². The summed E-state index contributed by atoms with van der Waals surface area (Å²) < 4.78 is 13.9. The van der Waals surface area contributed by atoms with E-state index in [1.54, 1.807) is 0 Å². The van der Waals surface area contributed by atoms with Crippen LogP contribution in [0.5, 0.6) is 0 Å². The SMILES string of the molecule is CC(C)c1cccc(C(C)C)c1NC(=O)c1cccc(F)c1C(N)=O. The van der Waals surface area contributed by atoms with Gasteiger partial charge in [-0.05, 0) is 35.1 Å². The van der Waals surface area contributed by atoms with E-state index in [-0.39, 0.29) is 17.4 Å². The zero-order chi connectivity index (χ0) is 18.7. The molecule has 0 unspecified atom stereocenters. The lowest BCUT2D eigenvalue weighted by molar-refractivity contribution is 0.0973. The van der Waals surface area contributed by atoms with E-state index in [0.717, 1.165) is 17.2 Å². The maximum absolute atomic E-state index is 13.9. The molecule has 2 amide bonds. The van der Waals surface area contributed by atoms with Gasteiger partial charge in [0, 0.05) is 5.69 Å². The predicted molar refractivity (Wildman–Crippen MR) is 97.5 cm³/mol. The zero-order valence-corrected chi connectivity index (χ0v) is 14.9. The van der Waals surface area contributed by atoms with E-state index >= 15 is 0 Å². The minimum absolute atomic E-state index is 0.0687. The second-order valence-corrected chi connectivity index (χ2v) is 6.60. The van der Waals surface area contributed by atoms with Crippen LogP contribution in [0.4, 0.5) is 10.1 Å². The van der Waals surface area contributed by atoms with Crippen LogP contribution in [0.2, 0.25) is 0 Å². The number of amides is 2. The maximum atomic E-state index is 13.9. The second kappa shape index (κ2) is 7.47. The quantitative estimate of drug-likeness (QED) is 0.844. The van der Waals surface area contributed by atoms with Gasteiger partial charge < -0.3 is 11.1 Å². The number of carbonyl (C=O) groups is 2. The van der Waals surface area contributed by atoms with Crippen molar-refractivity contribution in [3.05, 3.63) is 64.5 Å². The topological polar surface area (TPSA) is 72.2 Å². The molecule has 132 valence electrons. The summed E-state index contributed by atoms with van der Waals surface area (Å²) in [5.41, 5.74) is 7.45. The first-order chi connectivity index (χ1) is 11.7. The number of rotatable bonds is 5. The number of hydrogen-bond donors (Lipinski definition) is 2. The summed E-state index contributed by atoms with van der Waals surface area (Å²) >= 11 is 0. The summed E-state index contributed by atoms with van der Waals surface area (Å²) in [7, 11) is 0. The summed E-state index contributed by atoms with van der Waals surface area (Å²) in [6, 6.07) is 9.75. The van der Waals surface area contributed by atoms with Crippen molar-refractivity contribution < 1.29 is 14.0 Å². The Kier molecular flexibility index (Phi) is 5.57. The van der Waals surface area contributed by atoms with E-state index in [4.69, 9.17) is 5.73 Å². The standard InChI is InChI=1S/C20H23FN2O2/c1-11(2)13-7-5-8-14(12(3)4)18(13)23-20(25)15-9-6-10-16(21)17(15)19(22)24/h5-12H,1-4H3,(H2,22,24)(H,23,25). The molecular formula is C20H23FN2O2. The third kappa shape index (κ3) is 3.87. The molecule has 25 heavy (non-hydrogen) atoms. The van der Waals surface area contributed by atoms with Crippen LogP contribution in [0.3, 0.4) is 0 Å². The van der Waals surface area contributed by atoms with Crippen LogP contribution in [0.15, 0.2) is 36.4 Å². The van der Waals surface area contributed by atoms with Gasteiger partial charge >= 0.3 is 0 Å². The van der Waals surface area contributed by atoms with E-state index in [9.17, 15) is 14.0 Å². The van der Waals surface area contributed by atoms with Gasteiger partial charge in [0.1, 0.15) is 5.82 Å². The monoisotopic (exact) mass is 342 g/mol. The highest BCUT2D eigenvalue weighted by Gasteiger charge is 2.22. The molecule has 2 aromatic carbocycles. The first kappa shape index (κ1) is 18.6. The highest BCUT2D eigenvalue weighted by Crippen LogP contribution is 2.33. The summed E-state index contributed by atoms with van der Waals surface area (Å²) in [6.45, 7) is 8.14. The Labute approximate surface area is 147 Å². The lowest BCUT2D eigenvalue weighted by Gasteiger charge is -2.20. The third-order valence-corrected chi connectivity index (χ3v) is 4.12. The number of hydrogen-bond acceptors (Lipinski definition) is 2. The number of anilines is 1. The minimum atomic E-state index is -0.968. The van der Waals surface area contributed by atoms with Gasteiger partial charge in [-0.25, -0.2) is 4.39 Å². The van der Waals surface area contributed by atoms with Gasteiger partial charge in [0.25, 0.3) is 11.8 Å². The molecule has 0 atom stereocenters. The van der Waals surface area contributed by atoms with Crippen molar-refractivity contribution in [1.82, 2.24) is 0 Å². The van der Waals surface area contributed by atoms with Crippen molar-refractivity contribution in [2.45, 2.75) is 39.5 Å². The summed E-state index contributed by atoms with van der Waals surface area (Å²) in [5, 5.41) is 2.87. The fraction of sp³-hybridized carbons (Fsp3) is 0.300. The van der Waals surface area contributed by atoms with E-state index in [0.29, 0.717) is 5.69 Å². The molecule has 5 heteroatoms. The fourth-order valence-electron chi connectivity index (χ4n) is 2.84. The molecule has 3 N–H and O–H groups in total. The molecule has 0 aliphatic carbocycles. The molecule has 4 nitrogen and oxygen atoms in total.